The van der Waals surface area contributed by atoms with Crippen LogP contribution >= 0.6 is 0 Å². The number of anilines is 3. The largest absolute Gasteiger partial charge is 0.456 e. The van der Waals surface area contributed by atoms with Gasteiger partial charge in [-0.25, -0.2) is 0 Å². The van der Waals surface area contributed by atoms with E-state index in [0.29, 0.717) is 0 Å². The van der Waals surface area contributed by atoms with Crippen molar-refractivity contribution in [1.82, 2.24) is 0 Å². The van der Waals surface area contributed by atoms with Gasteiger partial charge in [-0.3, -0.25) is 0 Å². The minimum Gasteiger partial charge on any atom is -0.456 e. The Morgan fingerprint density at radius 3 is 1.27 bits per heavy atom. The Bertz CT molecular complexity index is 3970. The van der Waals surface area contributed by atoms with Crippen LogP contribution in [-0.2, 0) is 0 Å². The second-order valence-corrected chi connectivity index (χ2v) is 17.3. The second kappa shape index (κ2) is 15.5. The van der Waals surface area contributed by atoms with Crippen LogP contribution in [0.3, 0.4) is 0 Å². The van der Waals surface area contributed by atoms with E-state index in [4.69, 9.17) is 4.42 Å². The second-order valence-electron chi connectivity index (χ2n) is 17.3. The van der Waals surface area contributed by atoms with Gasteiger partial charge in [0.25, 0.3) is 0 Å². The lowest BCUT2D eigenvalue weighted by atomic mass is 9.96. The van der Waals surface area contributed by atoms with Crippen molar-refractivity contribution < 1.29 is 4.42 Å². The fraction of sp³-hybridized carbons (Fsp3) is 0. The van der Waals surface area contributed by atoms with Crippen LogP contribution < -0.4 is 4.90 Å². The molecule has 66 heavy (non-hydrogen) atoms. The summed E-state index contributed by atoms with van der Waals surface area (Å²) in [5.41, 5.74) is 14.4. The fourth-order valence-corrected chi connectivity index (χ4v) is 10.1. The van der Waals surface area contributed by atoms with Gasteiger partial charge in [0, 0.05) is 27.8 Å². The monoisotopic (exact) mass is 839 g/mol. The highest BCUT2D eigenvalue weighted by Crippen LogP contribution is 2.42. The smallest absolute Gasteiger partial charge is 0.136 e. The summed E-state index contributed by atoms with van der Waals surface area (Å²) < 4.78 is 6.32. The lowest BCUT2D eigenvalue weighted by Crippen LogP contribution is -2.10. The SMILES string of the molecule is c1cc(-c2cccc3oc4ccccc4c23)cc(N(c2ccc(-c3ccc(-c4ccc5c(ccc6ccccc65)c4)cc3)cc2)c2ccc(-c3ccc4c(ccc5ccccc54)c3)cc2)c1. The number of hydrogen-bond donors (Lipinski definition) is 0. The Morgan fingerprint density at radius 2 is 0.682 bits per heavy atom. The van der Waals surface area contributed by atoms with Crippen molar-refractivity contribution in [3.05, 3.63) is 249 Å². The summed E-state index contributed by atoms with van der Waals surface area (Å²) >= 11 is 0. The summed E-state index contributed by atoms with van der Waals surface area (Å²) in [6.45, 7) is 0. The highest BCUT2D eigenvalue weighted by Gasteiger charge is 2.17. The number of nitrogens with zero attached hydrogens (tertiary/aromatic N) is 1. The van der Waals surface area contributed by atoms with Crippen LogP contribution in [0, 0.1) is 0 Å². The molecule has 0 amide bonds. The average molecular weight is 840 g/mol. The molecular formula is C64H41NO. The van der Waals surface area contributed by atoms with Gasteiger partial charge in [-0.2, -0.15) is 0 Å². The molecule has 0 N–H and O–H groups in total. The first-order chi connectivity index (χ1) is 32.7. The predicted molar refractivity (Wildman–Crippen MR) is 280 cm³/mol. The maximum Gasteiger partial charge on any atom is 0.136 e. The third-order valence-electron chi connectivity index (χ3n) is 13.4. The maximum atomic E-state index is 6.32. The van der Waals surface area contributed by atoms with E-state index in [1.54, 1.807) is 0 Å². The van der Waals surface area contributed by atoms with Crippen LogP contribution in [0.1, 0.15) is 0 Å². The molecule has 13 aromatic rings. The molecular weight excluding hydrogens is 799 g/mol. The Hall–Kier alpha value is -8.72. The molecule has 2 nitrogen and oxygen atoms in total. The lowest BCUT2D eigenvalue weighted by molar-refractivity contribution is 0.669. The van der Waals surface area contributed by atoms with E-state index in [1.165, 1.54) is 76.5 Å². The van der Waals surface area contributed by atoms with Crippen molar-refractivity contribution in [2.45, 2.75) is 0 Å². The topological polar surface area (TPSA) is 16.4 Å². The Morgan fingerprint density at radius 1 is 0.242 bits per heavy atom. The van der Waals surface area contributed by atoms with Crippen LogP contribution in [0.15, 0.2) is 253 Å². The summed E-state index contributed by atoms with van der Waals surface area (Å²) in [5, 5.41) is 12.4. The Kier molecular flexibility index (Phi) is 8.89. The van der Waals surface area contributed by atoms with E-state index in [1.807, 2.05) is 12.1 Å². The summed E-state index contributed by atoms with van der Waals surface area (Å²) in [7, 11) is 0. The molecule has 2 heteroatoms. The number of benzene rings is 12. The van der Waals surface area contributed by atoms with Crippen molar-refractivity contribution in [1.29, 1.82) is 0 Å². The van der Waals surface area contributed by atoms with Crippen LogP contribution in [0.4, 0.5) is 17.1 Å². The molecule has 13 rings (SSSR count). The first-order valence-electron chi connectivity index (χ1n) is 22.6. The lowest BCUT2D eigenvalue weighted by Gasteiger charge is -2.26. The van der Waals surface area contributed by atoms with E-state index < -0.39 is 0 Å². The fourth-order valence-electron chi connectivity index (χ4n) is 10.1. The van der Waals surface area contributed by atoms with Gasteiger partial charge in [0.15, 0.2) is 0 Å². The van der Waals surface area contributed by atoms with Gasteiger partial charge in [-0.15, -0.1) is 0 Å². The first-order valence-corrected chi connectivity index (χ1v) is 22.6. The van der Waals surface area contributed by atoms with Crippen molar-refractivity contribution in [3.8, 4) is 44.5 Å². The molecule has 0 bridgehead atoms. The zero-order valence-electron chi connectivity index (χ0n) is 36.0. The molecule has 0 spiro atoms. The van der Waals surface area contributed by atoms with Crippen molar-refractivity contribution in [2.75, 3.05) is 4.90 Å². The first kappa shape index (κ1) is 37.8. The molecule has 0 atom stereocenters. The third kappa shape index (κ3) is 6.50. The van der Waals surface area contributed by atoms with Crippen LogP contribution in [0.2, 0.25) is 0 Å². The van der Waals surface area contributed by atoms with E-state index in [2.05, 4.69) is 241 Å². The molecule has 0 unspecified atom stereocenters. The van der Waals surface area contributed by atoms with Gasteiger partial charge >= 0.3 is 0 Å². The number of hydrogen-bond acceptors (Lipinski definition) is 2. The molecule has 0 fully saturated rings. The zero-order valence-corrected chi connectivity index (χ0v) is 36.0. The summed E-state index contributed by atoms with van der Waals surface area (Å²) in [6.07, 6.45) is 0. The van der Waals surface area contributed by atoms with E-state index in [0.717, 1.165) is 50.1 Å². The summed E-state index contributed by atoms with van der Waals surface area (Å²) in [5.74, 6) is 0. The van der Waals surface area contributed by atoms with Gasteiger partial charge in [-0.1, -0.05) is 188 Å². The normalized spacial score (nSPS) is 11.6. The molecule has 0 aliphatic rings. The molecule has 1 aromatic heterocycles. The molecule has 0 aliphatic heterocycles. The molecule has 0 aliphatic carbocycles. The Balaban J connectivity index is 0.861. The van der Waals surface area contributed by atoms with Crippen LogP contribution in [-0.4, -0.2) is 0 Å². The minimum absolute atomic E-state index is 0.892. The number of fused-ring (bicyclic) bond motifs is 9. The van der Waals surface area contributed by atoms with Gasteiger partial charge < -0.3 is 9.32 Å². The van der Waals surface area contributed by atoms with Gasteiger partial charge in [-0.05, 0) is 148 Å². The highest BCUT2D eigenvalue weighted by atomic mass is 16.3. The molecule has 12 aromatic carbocycles. The molecule has 0 radical (unpaired) electrons. The number of furan rings is 1. The Labute approximate surface area is 382 Å². The van der Waals surface area contributed by atoms with E-state index in [-0.39, 0.29) is 0 Å². The molecule has 0 saturated carbocycles. The van der Waals surface area contributed by atoms with Gasteiger partial charge in [0.1, 0.15) is 11.2 Å². The zero-order chi connectivity index (χ0) is 43.6. The summed E-state index contributed by atoms with van der Waals surface area (Å²) in [4.78, 5) is 2.36. The van der Waals surface area contributed by atoms with Gasteiger partial charge in [0.2, 0.25) is 0 Å². The van der Waals surface area contributed by atoms with E-state index in [9.17, 15) is 0 Å². The van der Waals surface area contributed by atoms with Crippen molar-refractivity contribution >= 4 is 82.1 Å². The third-order valence-corrected chi connectivity index (χ3v) is 13.4. The summed E-state index contributed by atoms with van der Waals surface area (Å²) in [6, 6.07) is 90.3. The van der Waals surface area contributed by atoms with Crippen LogP contribution in [0.25, 0.3) is 110 Å². The molecule has 1 heterocycles. The van der Waals surface area contributed by atoms with Gasteiger partial charge in [0.05, 0.1) is 0 Å². The molecule has 0 saturated heterocycles. The van der Waals surface area contributed by atoms with Crippen LogP contribution in [0.5, 0.6) is 0 Å². The van der Waals surface area contributed by atoms with Crippen molar-refractivity contribution in [3.63, 3.8) is 0 Å². The number of rotatable bonds is 7. The molecule has 308 valence electrons. The quantitative estimate of drug-likeness (QED) is 0.149. The van der Waals surface area contributed by atoms with E-state index >= 15 is 0 Å². The average Bonchev–Trinajstić information content (AvgIpc) is 3.78. The standard InChI is InChI=1S/C64H41NO/c1-3-13-56-46(9-1)23-25-51-39-48(31-37-58(51)56)44-21-19-42(20-22-44)43-27-33-53(34-28-43)65(55-12-7-11-50(41-55)60-16-8-18-63-64(60)61-15-5-6-17-62(61)66-63)54-35-29-45(30-36-54)49-32-38-59-52(40-49)26-24-47-10-2-4-14-57(47)59/h1-41H. The minimum atomic E-state index is 0.892. The highest BCUT2D eigenvalue weighted by molar-refractivity contribution is 6.13. The predicted octanol–water partition coefficient (Wildman–Crippen LogP) is 18.3. The maximum absolute atomic E-state index is 6.32. The number of para-hydroxylation sites is 1. The van der Waals surface area contributed by atoms with Crippen molar-refractivity contribution in [2.24, 2.45) is 0 Å².